The number of anilines is 1. The molecule has 1 N–H and O–H groups in total. The summed E-state index contributed by atoms with van der Waals surface area (Å²) in [5, 5.41) is 5.73. The van der Waals surface area contributed by atoms with Gasteiger partial charge in [-0.25, -0.2) is 0 Å². The number of fused-ring (bicyclic) bond motifs is 2. The highest BCUT2D eigenvalue weighted by Crippen LogP contribution is 2.45. The Morgan fingerprint density at radius 1 is 1.10 bits per heavy atom. The van der Waals surface area contributed by atoms with Crippen molar-refractivity contribution in [2.75, 3.05) is 12.4 Å². The molecule has 0 amide bonds. The van der Waals surface area contributed by atoms with Crippen LogP contribution in [0.2, 0.25) is 0 Å². The maximum Gasteiger partial charge on any atom is 0.144 e. The maximum absolute atomic E-state index is 13.5. The number of benzene rings is 2. The van der Waals surface area contributed by atoms with Gasteiger partial charge < -0.3 is 10.1 Å². The predicted octanol–water partition coefficient (Wildman–Crippen LogP) is 6.07. The lowest BCUT2D eigenvalue weighted by molar-refractivity contribution is -0.122. The van der Waals surface area contributed by atoms with Crippen LogP contribution in [0.25, 0.3) is 0 Å². The molecule has 0 spiro atoms. The Hall–Kier alpha value is -2.92. The van der Waals surface area contributed by atoms with E-state index in [1.807, 2.05) is 18.2 Å². The molecule has 2 heterocycles. The number of ketones is 1. The minimum absolute atomic E-state index is 0.0730. The minimum Gasteiger partial charge on any atom is -0.497 e. The van der Waals surface area contributed by atoms with Gasteiger partial charge in [-0.2, -0.15) is 0 Å². The van der Waals surface area contributed by atoms with Crippen molar-refractivity contribution in [3.05, 3.63) is 76.0 Å². The largest absolute Gasteiger partial charge is 0.497 e. The molecule has 3 unspecified atom stereocenters. The number of thiophene rings is 1. The topological polar surface area (TPSA) is 50.7 Å². The third-order valence-electron chi connectivity index (χ3n) is 6.11. The van der Waals surface area contributed by atoms with Gasteiger partial charge in [-0.3, -0.25) is 9.79 Å². The smallest absolute Gasteiger partial charge is 0.144 e. The van der Waals surface area contributed by atoms with Gasteiger partial charge in [-0.1, -0.05) is 24.3 Å². The number of Topliss-reactive ketones (excluding diaryl/α,β-unsaturated/α-hetero) is 1. The lowest BCUT2D eigenvalue weighted by Crippen LogP contribution is -2.38. The summed E-state index contributed by atoms with van der Waals surface area (Å²) >= 11 is 1.69. The summed E-state index contributed by atoms with van der Waals surface area (Å²) in [4.78, 5) is 19.7. The number of ether oxygens (including phenoxy) is 1. The first-order valence-electron chi connectivity index (χ1n) is 10.3. The third kappa shape index (κ3) is 3.43. The molecule has 5 rings (SSSR count). The summed E-state index contributed by atoms with van der Waals surface area (Å²) < 4.78 is 5.29. The Balaban J connectivity index is 1.56. The van der Waals surface area contributed by atoms with Crippen LogP contribution < -0.4 is 10.1 Å². The van der Waals surface area contributed by atoms with Gasteiger partial charge in [0.05, 0.1) is 30.4 Å². The van der Waals surface area contributed by atoms with Crippen molar-refractivity contribution in [3.63, 3.8) is 0 Å². The zero-order valence-corrected chi connectivity index (χ0v) is 17.9. The number of hydrogen-bond acceptors (Lipinski definition) is 5. The monoisotopic (exact) mass is 416 g/mol. The van der Waals surface area contributed by atoms with E-state index in [9.17, 15) is 4.79 Å². The number of aryl methyl sites for hydroxylation is 1. The SMILES string of the molecule is COc1ccc(C2CC(=O)C3C(=Nc4ccc(C)cc4NC3c3cccs3)C2)cc1. The average molecular weight is 417 g/mol. The van der Waals surface area contributed by atoms with Gasteiger partial charge in [0.15, 0.2) is 0 Å². The minimum atomic E-state index is -0.231. The highest BCUT2D eigenvalue weighted by molar-refractivity contribution is 7.10. The number of aliphatic imine (C=N–C) groups is 1. The Morgan fingerprint density at radius 3 is 2.67 bits per heavy atom. The van der Waals surface area contributed by atoms with E-state index in [1.165, 1.54) is 16.0 Å². The van der Waals surface area contributed by atoms with Crippen LogP contribution in [-0.2, 0) is 4.79 Å². The molecule has 1 aromatic heterocycles. The average Bonchev–Trinajstić information content (AvgIpc) is 3.23. The molecule has 3 atom stereocenters. The first kappa shape index (κ1) is 19.1. The molecule has 1 aliphatic carbocycles. The fourth-order valence-electron chi connectivity index (χ4n) is 4.58. The molecule has 4 nitrogen and oxygen atoms in total. The van der Waals surface area contributed by atoms with E-state index in [4.69, 9.17) is 9.73 Å². The van der Waals surface area contributed by atoms with E-state index in [2.05, 4.69) is 54.0 Å². The van der Waals surface area contributed by atoms with Gasteiger partial charge >= 0.3 is 0 Å². The van der Waals surface area contributed by atoms with Gasteiger partial charge in [-0.05, 0) is 66.1 Å². The Morgan fingerprint density at radius 2 is 1.93 bits per heavy atom. The standard InChI is InChI=1S/C25H24N2O2S/c1-15-5-10-19-20(12-15)27-25(23-4-3-11-30-23)24-21(26-19)13-17(14-22(24)28)16-6-8-18(29-2)9-7-16/h3-12,17,24-25,27H,13-14H2,1-2H3. The molecule has 0 bridgehead atoms. The number of carbonyl (C=O) groups excluding carboxylic acids is 1. The number of carbonyl (C=O) groups is 1. The van der Waals surface area contributed by atoms with Crippen molar-refractivity contribution in [2.24, 2.45) is 10.9 Å². The molecule has 152 valence electrons. The van der Waals surface area contributed by atoms with E-state index in [0.29, 0.717) is 6.42 Å². The highest BCUT2D eigenvalue weighted by atomic mass is 32.1. The van der Waals surface area contributed by atoms with Crippen LogP contribution >= 0.6 is 11.3 Å². The van der Waals surface area contributed by atoms with E-state index < -0.39 is 0 Å². The summed E-state index contributed by atoms with van der Waals surface area (Å²) in [6.45, 7) is 2.08. The van der Waals surface area contributed by atoms with Crippen molar-refractivity contribution in [1.29, 1.82) is 0 Å². The number of nitrogens with one attached hydrogen (secondary N) is 1. The number of hydrogen-bond donors (Lipinski definition) is 1. The van der Waals surface area contributed by atoms with Crippen molar-refractivity contribution in [1.82, 2.24) is 0 Å². The summed E-state index contributed by atoms with van der Waals surface area (Å²) in [5.41, 5.74) is 5.26. The second kappa shape index (κ2) is 7.73. The molecule has 0 saturated heterocycles. The van der Waals surface area contributed by atoms with Crippen LogP contribution in [0.5, 0.6) is 5.75 Å². The van der Waals surface area contributed by atoms with Crippen LogP contribution in [0.15, 0.2) is 65.0 Å². The quantitative estimate of drug-likeness (QED) is 0.564. The lowest BCUT2D eigenvalue weighted by Gasteiger charge is -2.33. The lowest BCUT2D eigenvalue weighted by atomic mass is 9.73. The van der Waals surface area contributed by atoms with Crippen molar-refractivity contribution >= 4 is 34.2 Å². The Labute approximate surface area is 180 Å². The highest BCUT2D eigenvalue weighted by Gasteiger charge is 2.42. The zero-order chi connectivity index (χ0) is 20.7. The van der Waals surface area contributed by atoms with E-state index in [-0.39, 0.29) is 23.7 Å². The molecule has 30 heavy (non-hydrogen) atoms. The van der Waals surface area contributed by atoms with Gasteiger partial charge in [0.1, 0.15) is 11.5 Å². The molecule has 5 heteroatoms. The third-order valence-corrected chi connectivity index (χ3v) is 7.06. The van der Waals surface area contributed by atoms with Crippen molar-refractivity contribution < 1.29 is 9.53 Å². The van der Waals surface area contributed by atoms with Crippen LogP contribution in [0.4, 0.5) is 11.4 Å². The van der Waals surface area contributed by atoms with Crippen LogP contribution in [0, 0.1) is 12.8 Å². The first-order valence-corrected chi connectivity index (χ1v) is 11.1. The number of methoxy groups -OCH3 is 1. The molecular formula is C25H24N2O2S. The van der Waals surface area contributed by atoms with Crippen LogP contribution in [-0.4, -0.2) is 18.6 Å². The summed E-state index contributed by atoms with van der Waals surface area (Å²) in [7, 11) is 1.67. The summed E-state index contributed by atoms with van der Waals surface area (Å²) in [6, 6.07) is 18.4. The Kier molecular flexibility index (Phi) is 4.91. The molecule has 2 aromatic carbocycles. The van der Waals surface area contributed by atoms with Crippen LogP contribution in [0.1, 0.15) is 40.8 Å². The predicted molar refractivity (Wildman–Crippen MR) is 122 cm³/mol. The zero-order valence-electron chi connectivity index (χ0n) is 17.1. The maximum atomic E-state index is 13.5. The molecule has 1 aliphatic heterocycles. The summed E-state index contributed by atoms with van der Waals surface area (Å²) in [5.74, 6) is 1.01. The molecule has 0 radical (unpaired) electrons. The number of nitrogens with zero attached hydrogens (tertiary/aromatic N) is 1. The van der Waals surface area contributed by atoms with E-state index >= 15 is 0 Å². The molecule has 2 aliphatic rings. The summed E-state index contributed by atoms with van der Waals surface area (Å²) in [6.07, 6.45) is 1.33. The van der Waals surface area contributed by atoms with Gasteiger partial charge in [0, 0.05) is 17.0 Å². The first-order chi connectivity index (χ1) is 14.6. The van der Waals surface area contributed by atoms with Crippen LogP contribution in [0.3, 0.4) is 0 Å². The molecule has 3 aromatic rings. The van der Waals surface area contributed by atoms with Crippen molar-refractivity contribution in [3.8, 4) is 5.75 Å². The fraction of sp³-hybridized carbons (Fsp3) is 0.280. The van der Waals surface area contributed by atoms with Gasteiger partial charge in [0.2, 0.25) is 0 Å². The van der Waals surface area contributed by atoms with Gasteiger partial charge in [0.25, 0.3) is 0 Å². The Bertz CT molecular complexity index is 1100. The second-order valence-corrected chi connectivity index (χ2v) is 9.06. The molecule has 1 fully saturated rings. The normalized spacial score (nSPS) is 22.9. The molecular weight excluding hydrogens is 392 g/mol. The van der Waals surface area contributed by atoms with Gasteiger partial charge in [-0.15, -0.1) is 11.3 Å². The fourth-order valence-corrected chi connectivity index (χ4v) is 5.40. The second-order valence-electron chi connectivity index (χ2n) is 8.08. The molecule has 1 saturated carbocycles. The number of rotatable bonds is 3. The van der Waals surface area contributed by atoms with Crippen molar-refractivity contribution in [2.45, 2.75) is 31.7 Å². The van der Waals surface area contributed by atoms with E-state index in [1.54, 1.807) is 18.4 Å². The van der Waals surface area contributed by atoms with E-state index in [0.717, 1.165) is 29.3 Å².